The van der Waals surface area contributed by atoms with E-state index < -0.39 is 0 Å². The van der Waals surface area contributed by atoms with Gasteiger partial charge in [-0.25, -0.2) is 9.97 Å². The quantitative estimate of drug-likeness (QED) is 0.674. The van der Waals surface area contributed by atoms with Gasteiger partial charge in [0.2, 0.25) is 0 Å². The van der Waals surface area contributed by atoms with Crippen molar-refractivity contribution in [2.75, 3.05) is 18.5 Å². The minimum Gasteiger partial charge on any atom is -0.484 e. The van der Waals surface area contributed by atoms with Crippen molar-refractivity contribution in [2.24, 2.45) is 0 Å². The first kappa shape index (κ1) is 18.4. The number of nitrogens with zero attached hydrogens (tertiary/aromatic N) is 3. The highest BCUT2D eigenvalue weighted by atomic mass is 32.1. The van der Waals surface area contributed by atoms with Crippen LogP contribution in [0.15, 0.2) is 54.7 Å². The van der Waals surface area contributed by atoms with Gasteiger partial charge in [-0.3, -0.25) is 4.79 Å². The van der Waals surface area contributed by atoms with Gasteiger partial charge >= 0.3 is 0 Å². The SMILES string of the molecule is Cc1cnc(Nc2cccc([C@H]3CCCN3C(=O)COc3ccccc3)n2)s1. The number of rotatable bonds is 6. The Labute approximate surface area is 168 Å². The standard InChI is InChI=1S/C21H22N4O2S/c1-15-13-22-21(28-15)24-19-11-5-9-17(23-19)18-10-6-12-25(18)20(26)14-27-16-7-3-2-4-8-16/h2-5,7-9,11,13,18H,6,10,12,14H2,1H3,(H,22,23,24)/t18-/m1/s1. The van der Waals surface area contributed by atoms with Gasteiger partial charge in [0.15, 0.2) is 11.7 Å². The van der Waals surface area contributed by atoms with Crippen LogP contribution in [0.25, 0.3) is 0 Å². The number of nitrogens with one attached hydrogen (secondary N) is 1. The molecule has 1 aliphatic heterocycles. The molecular weight excluding hydrogens is 372 g/mol. The number of hydrogen-bond donors (Lipinski definition) is 1. The number of aryl methyl sites for hydroxylation is 1. The number of carbonyl (C=O) groups is 1. The van der Waals surface area contributed by atoms with Crippen LogP contribution in [0.3, 0.4) is 0 Å². The Morgan fingerprint density at radius 1 is 1.25 bits per heavy atom. The highest BCUT2D eigenvalue weighted by Crippen LogP contribution is 2.32. The Morgan fingerprint density at radius 2 is 2.11 bits per heavy atom. The van der Waals surface area contributed by atoms with E-state index in [-0.39, 0.29) is 18.6 Å². The van der Waals surface area contributed by atoms with Gasteiger partial charge in [0.25, 0.3) is 5.91 Å². The molecule has 1 amide bonds. The molecule has 1 fully saturated rings. The van der Waals surface area contributed by atoms with E-state index in [1.54, 1.807) is 11.3 Å². The molecule has 6 nitrogen and oxygen atoms in total. The Hall–Kier alpha value is -2.93. The molecule has 1 aromatic carbocycles. The average molecular weight is 394 g/mol. The fourth-order valence-corrected chi connectivity index (χ4v) is 4.02. The smallest absolute Gasteiger partial charge is 0.261 e. The fourth-order valence-electron chi connectivity index (χ4n) is 3.35. The average Bonchev–Trinajstić information content (AvgIpc) is 3.36. The molecule has 0 spiro atoms. The topological polar surface area (TPSA) is 67.4 Å². The molecule has 4 rings (SSSR count). The van der Waals surface area contributed by atoms with Crippen molar-refractivity contribution in [3.63, 3.8) is 0 Å². The lowest BCUT2D eigenvalue weighted by atomic mass is 10.1. The van der Waals surface area contributed by atoms with Gasteiger partial charge in [-0.05, 0) is 44.0 Å². The van der Waals surface area contributed by atoms with Crippen LogP contribution < -0.4 is 10.1 Å². The summed E-state index contributed by atoms with van der Waals surface area (Å²) in [5, 5.41) is 4.06. The number of carbonyl (C=O) groups excluding carboxylic acids is 1. The molecule has 7 heteroatoms. The number of likely N-dealkylation sites (tertiary alicyclic amines) is 1. The molecular formula is C21H22N4O2S. The van der Waals surface area contributed by atoms with Crippen LogP contribution in [-0.4, -0.2) is 33.9 Å². The maximum atomic E-state index is 12.7. The Bertz CT molecular complexity index is 944. The van der Waals surface area contributed by atoms with Crippen LogP contribution in [0.1, 0.15) is 29.5 Å². The molecule has 3 aromatic rings. The fraction of sp³-hybridized carbons (Fsp3) is 0.286. The molecule has 1 atom stereocenters. The summed E-state index contributed by atoms with van der Waals surface area (Å²) in [7, 11) is 0. The Morgan fingerprint density at radius 3 is 2.89 bits per heavy atom. The minimum absolute atomic E-state index is 0.0120. The lowest BCUT2D eigenvalue weighted by Crippen LogP contribution is -2.34. The highest BCUT2D eigenvalue weighted by molar-refractivity contribution is 7.15. The zero-order valence-electron chi connectivity index (χ0n) is 15.7. The number of thiazole rings is 1. The van der Waals surface area contributed by atoms with E-state index in [1.165, 1.54) is 0 Å². The summed E-state index contributed by atoms with van der Waals surface area (Å²) in [6.45, 7) is 2.79. The summed E-state index contributed by atoms with van der Waals surface area (Å²) < 4.78 is 5.64. The summed E-state index contributed by atoms with van der Waals surface area (Å²) in [5.74, 6) is 1.43. The van der Waals surface area contributed by atoms with E-state index in [1.807, 2.05) is 66.6 Å². The van der Waals surface area contributed by atoms with Crippen molar-refractivity contribution in [3.05, 3.63) is 65.3 Å². The molecule has 0 bridgehead atoms. The van der Waals surface area contributed by atoms with Crippen LogP contribution in [0.5, 0.6) is 5.75 Å². The number of amides is 1. The van der Waals surface area contributed by atoms with Crippen molar-refractivity contribution in [1.82, 2.24) is 14.9 Å². The van der Waals surface area contributed by atoms with Crippen molar-refractivity contribution in [2.45, 2.75) is 25.8 Å². The lowest BCUT2D eigenvalue weighted by Gasteiger charge is -2.24. The van der Waals surface area contributed by atoms with Crippen molar-refractivity contribution in [3.8, 4) is 5.75 Å². The minimum atomic E-state index is -0.0216. The first-order valence-corrected chi connectivity index (χ1v) is 10.1. The third kappa shape index (κ3) is 4.31. The predicted molar refractivity (Wildman–Crippen MR) is 110 cm³/mol. The summed E-state index contributed by atoms with van der Waals surface area (Å²) in [6.07, 6.45) is 3.71. The van der Waals surface area contributed by atoms with E-state index in [9.17, 15) is 4.79 Å². The number of aromatic nitrogens is 2. The number of anilines is 2. The van der Waals surface area contributed by atoms with Crippen molar-refractivity contribution < 1.29 is 9.53 Å². The van der Waals surface area contributed by atoms with Gasteiger partial charge in [0.1, 0.15) is 11.6 Å². The number of benzene rings is 1. The maximum Gasteiger partial charge on any atom is 0.261 e. The van der Waals surface area contributed by atoms with Gasteiger partial charge in [-0.2, -0.15) is 0 Å². The number of ether oxygens (including phenoxy) is 1. The van der Waals surface area contributed by atoms with E-state index in [0.717, 1.165) is 40.9 Å². The summed E-state index contributed by atoms with van der Waals surface area (Å²) in [4.78, 5) is 24.8. The third-order valence-corrected chi connectivity index (χ3v) is 5.48. The van der Waals surface area contributed by atoms with E-state index in [2.05, 4.69) is 10.3 Å². The molecule has 3 heterocycles. The van der Waals surface area contributed by atoms with Gasteiger partial charge in [0.05, 0.1) is 11.7 Å². The van der Waals surface area contributed by atoms with E-state index in [4.69, 9.17) is 9.72 Å². The molecule has 144 valence electrons. The monoisotopic (exact) mass is 394 g/mol. The molecule has 0 saturated carbocycles. The second kappa shape index (κ2) is 8.39. The normalized spacial score (nSPS) is 16.2. The molecule has 1 saturated heterocycles. The number of pyridine rings is 1. The molecule has 0 unspecified atom stereocenters. The molecule has 1 aliphatic rings. The second-order valence-corrected chi connectivity index (χ2v) is 7.93. The van der Waals surface area contributed by atoms with Crippen LogP contribution in [-0.2, 0) is 4.79 Å². The van der Waals surface area contributed by atoms with Gasteiger partial charge in [0, 0.05) is 17.6 Å². The zero-order valence-corrected chi connectivity index (χ0v) is 16.5. The number of hydrogen-bond acceptors (Lipinski definition) is 6. The molecule has 1 N–H and O–H groups in total. The summed E-state index contributed by atoms with van der Waals surface area (Å²) in [6, 6.07) is 15.3. The van der Waals surface area contributed by atoms with Gasteiger partial charge in [-0.1, -0.05) is 24.3 Å². The van der Waals surface area contributed by atoms with E-state index >= 15 is 0 Å². The summed E-state index contributed by atoms with van der Waals surface area (Å²) >= 11 is 1.59. The van der Waals surface area contributed by atoms with Crippen LogP contribution in [0.2, 0.25) is 0 Å². The van der Waals surface area contributed by atoms with Gasteiger partial charge in [-0.15, -0.1) is 11.3 Å². The third-order valence-electron chi connectivity index (χ3n) is 4.65. The molecule has 0 radical (unpaired) electrons. The Balaban J connectivity index is 1.44. The highest BCUT2D eigenvalue weighted by Gasteiger charge is 2.31. The summed E-state index contributed by atoms with van der Waals surface area (Å²) in [5.41, 5.74) is 0.892. The Kier molecular flexibility index (Phi) is 5.53. The zero-order chi connectivity index (χ0) is 19.3. The molecule has 28 heavy (non-hydrogen) atoms. The largest absolute Gasteiger partial charge is 0.484 e. The van der Waals surface area contributed by atoms with Crippen LogP contribution in [0.4, 0.5) is 10.9 Å². The second-order valence-electron chi connectivity index (χ2n) is 6.70. The number of para-hydroxylation sites is 1. The van der Waals surface area contributed by atoms with E-state index in [0.29, 0.717) is 5.75 Å². The lowest BCUT2D eigenvalue weighted by molar-refractivity contribution is -0.134. The maximum absolute atomic E-state index is 12.7. The predicted octanol–water partition coefficient (Wildman–Crippen LogP) is 4.33. The van der Waals surface area contributed by atoms with Crippen molar-refractivity contribution >= 4 is 28.2 Å². The first-order chi connectivity index (χ1) is 13.7. The van der Waals surface area contributed by atoms with Crippen LogP contribution >= 0.6 is 11.3 Å². The first-order valence-electron chi connectivity index (χ1n) is 9.33. The van der Waals surface area contributed by atoms with Crippen LogP contribution in [0, 0.1) is 6.92 Å². The van der Waals surface area contributed by atoms with Gasteiger partial charge < -0.3 is 15.0 Å². The van der Waals surface area contributed by atoms with Crippen molar-refractivity contribution in [1.29, 1.82) is 0 Å². The molecule has 2 aromatic heterocycles. The molecule has 0 aliphatic carbocycles.